The minimum atomic E-state index is -5.03. The van der Waals surface area contributed by atoms with Gasteiger partial charge in [0, 0.05) is 21.9 Å². The number of carbonyl (C=O) groups is 3. The molecule has 0 aliphatic heterocycles. The van der Waals surface area contributed by atoms with Crippen molar-refractivity contribution in [3.63, 3.8) is 0 Å². The SMILES string of the molecule is CC(C)(C)OC(=O)COc1cc(OCC(=O)OC(C)(C)C)c(S(OS(=O)(=O)c2ccc(C(F)(F)F)cc2)(c2ccccc2)c2ccccc2)c(OCC(=O)OC(C)(C)C)c1. The highest BCUT2D eigenvalue weighted by molar-refractivity contribution is 8.33. The molecule has 0 saturated heterocycles. The van der Waals surface area contributed by atoms with Gasteiger partial charge >= 0.3 is 34.2 Å². The summed E-state index contributed by atoms with van der Waals surface area (Å²) in [5.41, 5.74) is -3.84. The molecule has 0 aliphatic rings. The number of alkyl halides is 3. The first-order valence-electron chi connectivity index (χ1n) is 18.5. The van der Waals surface area contributed by atoms with E-state index in [1.807, 2.05) is 0 Å². The predicted octanol–water partition coefficient (Wildman–Crippen LogP) is 9.47. The predicted molar refractivity (Wildman–Crippen MR) is 215 cm³/mol. The maximum atomic E-state index is 14.6. The van der Waals surface area contributed by atoms with Gasteiger partial charge < -0.3 is 28.4 Å². The summed E-state index contributed by atoms with van der Waals surface area (Å²) in [6, 6.07) is 21.3. The van der Waals surface area contributed by atoms with Gasteiger partial charge in [-0.1, -0.05) is 36.4 Å². The van der Waals surface area contributed by atoms with Gasteiger partial charge in [-0.2, -0.15) is 21.6 Å². The first kappa shape index (κ1) is 47.4. The summed E-state index contributed by atoms with van der Waals surface area (Å²) in [4.78, 5) is 38.8. The number of rotatable bonds is 15. The van der Waals surface area contributed by atoms with Crippen molar-refractivity contribution >= 4 is 38.3 Å². The van der Waals surface area contributed by atoms with Gasteiger partial charge in [-0.3, -0.25) is 0 Å². The third kappa shape index (κ3) is 13.4. The second kappa shape index (κ2) is 18.6. The van der Waals surface area contributed by atoms with E-state index in [0.717, 1.165) is 12.1 Å². The average Bonchev–Trinajstić information content (AvgIpc) is 3.13. The highest BCUT2D eigenvalue weighted by Gasteiger charge is 2.44. The smallest absolute Gasteiger partial charge is 0.416 e. The minimum Gasteiger partial charge on any atom is -0.482 e. The standard InChI is InChI=1S/C43H49F3O12S2/c1-40(2,3)55-36(47)26-52-30-24-34(53-27-37(48)56-41(4,5)6)39(35(25-30)54-28-38(49)57-42(7,8)9)59(31-16-12-10-13-17-31,32-18-14-11-15-19-32)58-60(50,51)33-22-20-29(21-23-33)43(44,45)46/h10-25H,26-28H2,1-9H3. The maximum absolute atomic E-state index is 14.6. The lowest BCUT2D eigenvalue weighted by Gasteiger charge is -2.41. The van der Waals surface area contributed by atoms with Crippen LogP contribution in [0.3, 0.4) is 0 Å². The molecule has 4 aromatic rings. The monoisotopic (exact) mass is 878 g/mol. The van der Waals surface area contributed by atoms with Crippen LogP contribution in [0.1, 0.15) is 67.9 Å². The molecule has 0 N–H and O–H groups in total. The zero-order valence-corrected chi connectivity index (χ0v) is 36.3. The lowest BCUT2D eigenvalue weighted by Crippen LogP contribution is -2.28. The van der Waals surface area contributed by atoms with Gasteiger partial charge in [0.25, 0.3) is 0 Å². The molecule has 0 aliphatic carbocycles. The number of hydrogen-bond donors (Lipinski definition) is 0. The Bertz CT molecular complexity index is 2130. The fraction of sp³-hybridized carbons (Fsp3) is 0.372. The quantitative estimate of drug-likeness (QED) is 0.0827. The van der Waals surface area contributed by atoms with Gasteiger partial charge in [-0.15, -0.1) is 0 Å². The van der Waals surface area contributed by atoms with Crippen LogP contribution in [0, 0.1) is 0 Å². The summed E-state index contributed by atoms with van der Waals surface area (Å²) in [5.74, 6) is -3.06. The largest absolute Gasteiger partial charge is 0.482 e. The molecule has 0 spiro atoms. The molecule has 0 unspecified atom stereocenters. The molecular formula is C43H49F3O12S2. The number of halogens is 3. The van der Waals surface area contributed by atoms with E-state index >= 15 is 0 Å². The fourth-order valence-electron chi connectivity index (χ4n) is 5.36. The van der Waals surface area contributed by atoms with Gasteiger partial charge in [-0.05, 0) is 121 Å². The van der Waals surface area contributed by atoms with Crippen molar-refractivity contribution < 1.29 is 68.0 Å². The van der Waals surface area contributed by atoms with E-state index in [0.29, 0.717) is 12.1 Å². The van der Waals surface area contributed by atoms with Crippen LogP contribution in [-0.2, 0) is 48.5 Å². The van der Waals surface area contributed by atoms with Crippen LogP contribution >= 0.6 is 10.3 Å². The summed E-state index contributed by atoms with van der Waals surface area (Å²) >= 11 is 0. The number of esters is 3. The summed E-state index contributed by atoms with van der Waals surface area (Å²) in [6.45, 7) is 12.7. The zero-order chi connectivity index (χ0) is 44.7. The minimum absolute atomic E-state index is 0.108. The van der Waals surface area contributed by atoms with E-state index < -0.39 is 91.6 Å². The Morgan fingerprint density at radius 1 is 0.517 bits per heavy atom. The molecule has 4 aromatic carbocycles. The Morgan fingerprint density at radius 2 is 0.883 bits per heavy atom. The van der Waals surface area contributed by atoms with Gasteiger partial charge in [0.2, 0.25) is 0 Å². The molecule has 0 amide bonds. The van der Waals surface area contributed by atoms with Crippen molar-refractivity contribution in [2.45, 2.75) is 105 Å². The molecule has 0 heterocycles. The molecule has 0 saturated carbocycles. The van der Waals surface area contributed by atoms with Crippen molar-refractivity contribution in [3.05, 3.63) is 103 Å². The van der Waals surface area contributed by atoms with Gasteiger partial charge in [0.15, 0.2) is 19.8 Å². The molecule has 326 valence electrons. The third-order valence-electron chi connectivity index (χ3n) is 7.40. The van der Waals surface area contributed by atoms with E-state index in [2.05, 4.69) is 0 Å². The zero-order valence-electron chi connectivity index (χ0n) is 34.7. The molecule has 0 bridgehead atoms. The maximum Gasteiger partial charge on any atom is 0.416 e. The molecule has 12 nitrogen and oxygen atoms in total. The van der Waals surface area contributed by atoms with E-state index in [1.165, 1.54) is 12.1 Å². The fourth-order valence-corrected chi connectivity index (χ4v) is 10.7. The van der Waals surface area contributed by atoms with E-state index in [-0.39, 0.29) is 31.9 Å². The first-order chi connectivity index (χ1) is 27.7. The Labute approximate surface area is 349 Å². The van der Waals surface area contributed by atoms with Crippen molar-refractivity contribution in [2.24, 2.45) is 0 Å². The molecule has 60 heavy (non-hydrogen) atoms. The highest BCUT2D eigenvalue weighted by atomic mass is 32.3. The Balaban J connectivity index is 2.10. The molecule has 0 fully saturated rings. The van der Waals surface area contributed by atoms with Gasteiger partial charge in [-0.25, -0.2) is 18.0 Å². The summed E-state index contributed by atoms with van der Waals surface area (Å²) in [7, 11) is -8.82. The van der Waals surface area contributed by atoms with Crippen molar-refractivity contribution in [2.75, 3.05) is 19.8 Å². The third-order valence-corrected chi connectivity index (χ3v) is 12.6. The lowest BCUT2D eigenvalue weighted by molar-refractivity contribution is -0.158. The lowest BCUT2D eigenvalue weighted by atomic mass is 10.2. The van der Waals surface area contributed by atoms with Crippen molar-refractivity contribution in [1.29, 1.82) is 0 Å². The summed E-state index contributed by atoms with van der Waals surface area (Å²) < 4.78 is 111. The number of benzene rings is 4. The van der Waals surface area contributed by atoms with Crippen LogP contribution in [0.5, 0.6) is 17.2 Å². The Morgan fingerprint density at radius 3 is 1.23 bits per heavy atom. The molecule has 0 aromatic heterocycles. The molecule has 0 radical (unpaired) electrons. The van der Waals surface area contributed by atoms with E-state index in [4.69, 9.17) is 32.1 Å². The second-order valence-corrected chi connectivity index (χ2v) is 20.5. The molecular weight excluding hydrogens is 830 g/mol. The van der Waals surface area contributed by atoms with E-state index in [9.17, 15) is 36.0 Å². The normalized spacial score (nSPS) is 12.9. The summed E-state index contributed by atoms with van der Waals surface area (Å²) in [6.07, 6.45) is -4.76. The van der Waals surface area contributed by atoms with Gasteiger partial charge in [0.1, 0.15) is 38.9 Å². The first-order valence-corrected chi connectivity index (χ1v) is 21.4. The van der Waals surface area contributed by atoms with Crippen LogP contribution in [0.15, 0.2) is 117 Å². The highest BCUT2D eigenvalue weighted by Crippen LogP contribution is 2.74. The molecule has 0 atom stereocenters. The van der Waals surface area contributed by atoms with Crippen molar-refractivity contribution in [1.82, 2.24) is 0 Å². The number of carbonyl (C=O) groups excluding carboxylic acids is 3. The molecule has 17 heteroatoms. The average molecular weight is 879 g/mol. The van der Waals surface area contributed by atoms with Crippen molar-refractivity contribution in [3.8, 4) is 17.2 Å². The van der Waals surface area contributed by atoms with E-state index in [1.54, 1.807) is 123 Å². The van der Waals surface area contributed by atoms with Crippen LogP contribution < -0.4 is 14.2 Å². The Kier molecular flexibility index (Phi) is 14.7. The van der Waals surface area contributed by atoms with Crippen LogP contribution in [-0.4, -0.2) is 62.9 Å². The Hall–Kier alpha value is -5.26. The topological polar surface area (TPSA) is 150 Å². The van der Waals surface area contributed by atoms with Crippen LogP contribution in [0.4, 0.5) is 13.2 Å². The number of hydrogen-bond acceptors (Lipinski definition) is 12. The van der Waals surface area contributed by atoms with Crippen LogP contribution in [0.25, 0.3) is 0 Å². The van der Waals surface area contributed by atoms with Gasteiger partial charge in [0.05, 0.1) is 10.5 Å². The second-order valence-electron chi connectivity index (χ2n) is 16.1. The number of ether oxygens (including phenoxy) is 6. The summed E-state index contributed by atoms with van der Waals surface area (Å²) in [5, 5.41) is 0. The molecule has 4 rings (SSSR count). The van der Waals surface area contributed by atoms with Crippen LogP contribution in [0.2, 0.25) is 0 Å².